The second-order valence-corrected chi connectivity index (χ2v) is 3.34. The third-order valence-corrected chi connectivity index (χ3v) is 1.61. The summed E-state index contributed by atoms with van der Waals surface area (Å²) in [5.74, 6) is -0.933. The number of likely N-dealkylation sites (N-methyl/N-ethyl adjacent to an activating group) is 1. The molecule has 0 amide bonds. The molecule has 0 aromatic rings. The van der Waals surface area contributed by atoms with Crippen LogP contribution < -0.4 is 0 Å². The molecule has 0 bridgehead atoms. The van der Waals surface area contributed by atoms with Crippen LogP contribution in [0.3, 0.4) is 0 Å². The van der Waals surface area contributed by atoms with E-state index in [0.717, 1.165) is 0 Å². The molecule has 0 saturated heterocycles. The zero-order valence-corrected chi connectivity index (χ0v) is 8.32. The number of aliphatic hydroxyl groups is 1. The number of aliphatic carboxylic acids is 1. The largest absolute Gasteiger partial charge is 0.478 e. The highest BCUT2D eigenvalue weighted by atomic mass is 16.4. The van der Waals surface area contributed by atoms with Crippen molar-refractivity contribution in [2.45, 2.75) is 19.4 Å². The van der Waals surface area contributed by atoms with E-state index < -0.39 is 12.1 Å². The number of aliphatic hydroxyl groups excluding tert-OH is 1. The number of hydrogen-bond donors (Lipinski definition) is 2. The van der Waals surface area contributed by atoms with E-state index in [9.17, 15) is 9.90 Å². The molecule has 4 heteroatoms. The first-order valence-electron chi connectivity index (χ1n) is 4.16. The molecule has 0 radical (unpaired) electrons. The summed E-state index contributed by atoms with van der Waals surface area (Å²) in [6.07, 6.45) is 1.43. The molecule has 1 unspecified atom stereocenters. The summed E-state index contributed by atoms with van der Waals surface area (Å²) in [5, 5.41) is 17.9. The molecule has 0 aliphatic rings. The molecule has 13 heavy (non-hydrogen) atoms. The van der Waals surface area contributed by atoms with E-state index >= 15 is 0 Å². The summed E-state index contributed by atoms with van der Waals surface area (Å²) in [5.41, 5.74) is 0.276. The summed E-state index contributed by atoms with van der Waals surface area (Å²) in [4.78, 5) is 12.2. The van der Waals surface area contributed by atoms with Crippen LogP contribution in [0.15, 0.2) is 11.6 Å². The molecule has 0 aromatic carbocycles. The Morgan fingerprint density at radius 2 is 2.08 bits per heavy atom. The van der Waals surface area contributed by atoms with Crippen molar-refractivity contribution in [3.63, 3.8) is 0 Å². The summed E-state index contributed by atoms with van der Waals surface area (Å²) < 4.78 is 0. The third-order valence-electron chi connectivity index (χ3n) is 1.61. The second-order valence-electron chi connectivity index (χ2n) is 3.34. The molecule has 0 heterocycles. The van der Waals surface area contributed by atoms with Gasteiger partial charge in [-0.1, -0.05) is 6.08 Å². The van der Waals surface area contributed by atoms with E-state index in [1.807, 2.05) is 19.0 Å². The minimum Gasteiger partial charge on any atom is -0.478 e. The first-order chi connectivity index (χ1) is 5.93. The van der Waals surface area contributed by atoms with Crippen molar-refractivity contribution in [3.8, 4) is 0 Å². The Labute approximate surface area is 78.5 Å². The van der Waals surface area contributed by atoms with E-state index in [1.165, 1.54) is 13.0 Å². The number of carboxylic acid groups (broad SMARTS) is 1. The Hall–Kier alpha value is -0.870. The maximum atomic E-state index is 10.4. The molecule has 0 aliphatic carbocycles. The molecule has 0 aliphatic heterocycles. The Kier molecular flexibility index (Phi) is 5.34. The number of nitrogens with zero attached hydrogens (tertiary/aromatic N) is 1. The van der Waals surface area contributed by atoms with Crippen LogP contribution in [0.1, 0.15) is 13.3 Å². The van der Waals surface area contributed by atoms with Crippen LogP contribution >= 0.6 is 0 Å². The van der Waals surface area contributed by atoms with Gasteiger partial charge in [0.2, 0.25) is 0 Å². The van der Waals surface area contributed by atoms with Gasteiger partial charge in [0.15, 0.2) is 0 Å². The van der Waals surface area contributed by atoms with Crippen LogP contribution in [0.5, 0.6) is 0 Å². The summed E-state index contributed by atoms with van der Waals surface area (Å²) >= 11 is 0. The predicted molar refractivity (Wildman–Crippen MR) is 50.6 cm³/mol. The van der Waals surface area contributed by atoms with Gasteiger partial charge < -0.3 is 15.1 Å². The van der Waals surface area contributed by atoms with Crippen LogP contribution in [0, 0.1) is 0 Å². The van der Waals surface area contributed by atoms with E-state index in [4.69, 9.17) is 5.11 Å². The van der Waals surface area contributed by atoms with Gasteiger partial charge >= 0.3 is 5.97 Å². The van der Waals surface area contributed by atoms with Crippen molar-refractivity contribution in [3.05, 3.63) is 11.6 Å². The fourth-order valence-electron chi connectivity index (χ4n) is 0.896. The average Bonchev–Trinajstić information content (AvgIpc) is 1.98. The fourth-order valence-corrected chi connectivity index (χ4v) is 0.896. The molecular weight excluding hydrogens is 170 g/mol. The minimum absolute atomic E-state index is 0.276. The van der Waals surface area contributed by atoms with E-state index in [-0.39, 0.29) is 5.57 Å². The SMILES string of the molecule is C/C(=C\CC(O)CN(C)C)C(=O)O. The van der Waals surface area contributed by atoms with Gasteiger partial charge in [-0.15, -0.1) is 0 Å². The highest BCUT2D eigenvalue weighted by Gasteiger charge is 2.05. The Balaban J connectivity index is 3.87. The smallest absolute Gasteiger partial charge is 0.330 e. The highest BCUT2D eigenvalue weighted by molar-refractivity contribution is 5.85. The maximum Gasteiger partial charge on any atom is 0.330 e. The van der Waals surface area contributed by atoms with Gasteiger partial charge in [0.05, 0.1) is 6.10 Å². The third kappa shape index (κ3) is 6.31. The Morgan fingerprint density at radius 3 is 2.46 bits per heavy atom. The van der Waals surface area contributed by atoms with Crippen molar-refractivity contribution in [1.29, 1.82) is 0 Å². The lowest BCUT2D eigenvalue weighted by Gasteiger charge is -2.14. The maximum absolute atomic E-state index is 10.4. The van der Waals surface area contributed by atoms with Crippen LogP contribution in [-0.2, 0) is 4.79 Å². The lowest BCUT2D eigenvalue weighted by molar-refractivity contribution is -0.132. The van der Waals surface area contributed by atoms with Gasteiger partial charge in [0, 0.05) is 12.1 Å². The summed E-state index contributed by atoms with van der Waals surface area (Å²) in [6, 6.07) is 0. The monoisotopic (exact) mass is 187 g/mol. The van der Waals surface area contributed by atoms with Crippen LogP contribution in [0.25, 0.3) is 0 Å². The second kappa shape index (κ2) is 5.72. The Morgan fingerprint density at radius 1 is 1.54 bits per heavy atom. The van der Waals surface area contributed by atoms with Crippen molar-refractivity contribution in [1.82, 2.24) is 4.90 Å². The number of carbonyl (C=O) groups is 1. The minimum atomic E-state index is -0.933. The van der Waals surface area contributed by atoms with Crippen molar-refractivity contribution >= 4 is 5.97 Å². The van der Waals surface area contributed by atoms with E-state index in [2.05, 4.69) is 0 Å². The number of hydrogen-bond acceptors (Lipinski definition) is 3. The molecule has 0 rings (SSSR count). The lowest BCUT2D eigenvalue weighted by Crippen LogP contribution is -2.25. The lowest BCUT2D eigenvalue weighted by atomic mass is 10.2. The number of carboxylic acids is 1. The van der Waals surface area contributed by atoms with Crippen LogP contribution in [-0.4, -0.2) is 47.8 Å². The van der Waals surface area contributed by atoms with E-state index in [0.29, 0.717) is 13.0 Å². The molecule has 4 nitrogen and oxygen atoms in total. The first-order valence-corrected chi connectivity index (χ1v) is 4.16. The molecule has 0 fully saturated rings. The van der Waals surface area contributed by atoms with Gasteiger partial charge in [0.1, 0.15) is 0 Å². The summed E-state index contributed by atoms with van der Waals surface area (Å²) in [6.45, 7) is 2.06. The predicted octanol–water partition coefficient (Wildman–Crippen LogP) is 0.330. The fraction of sp³-hybridized carbons (Fsp3) is 0.667. The quantitative estimate of drug-likeness (QED) is 0.609. The first kappa shape index (κ1) is 12.1. The van der Waals surface area contributed by atoms with Crippen LogP contribution in [0.4, 0.5) is 0 Å². The molecule has 1 atom stereocenters. The molecule has 0 spiro atoms. The van der Waals surface area contributed by atoms with Gasteiger partial charge in [-0.3, -0.25) is 0 Å². The van der Waals surface area contributed by atoms with Gasteiger partial charge in [-0.2, -0.15) is 0 Å². The van der Waals surface area contributed by atoms with Crippen LogP contribution in [0.2, 0.25) is 0 Å². The average molecular weight is 187 g/mol. The van der Waals surface area contributed by atoms with Gasteiger partial charge in [-0.25, -0.2) is 4.79 Å². The molecule has 76 valence electrons. The van der Waals surface area contributed by atoms with Crippen molar-refractivity contribution < 1.29 is 15.0 Å². The Bertz CT molecular complexity index is 199. The van der Waals surface area contributed by atoms with Crippen molar-refractivity contribution in [2.75, 3.05) is 20.6 Å². The van der Waals surface area contributed by atoms with E-state index in [1.54, 1.807) is 0 Å². The zero-order chi connectivity index (χ0) is 10.4. The number of rotatable bonds is 5. The summed E-state index contributed by atoms with van der Waals surface area (Å²) in [7, 11) is 3.72. The highest BCUT2D eigenvalue weighted by Crippen LogP contribution is 2.00. The molecular formula is C9H17NO3. The normalized spacial score (nSPS) is 14.7. The standard InChI is InChI=1S/C9H17NO3/c1-7(9(12)13)4-5-8(11)6-10(2)3/h4,8,11H,5-6H2,1-3H3,(H,12,13)/b7-4+. The van der Waals surface area contributed by atoms with Gasteiger partial charge in [-0.05, 0) is 27.4 Å². The zero-order valence-electron chi connectivity index (χ0n) is 8.32. The molecule has 0 aromatic heterocycles. The molecule has 2 N–H and O–H groups in total. The molecule has 0 saturated carbocycles. The topological polar surface area (TPSA) is 60.8 Å². The van der Waals surface area contributed by atoms with Gasteiger partial charge in [0.25, 0.3) is 0 Å². The van der Waals surface area contributed by atoms with Crippen molar-refractivity contribution in [2.24, 2.45) is 0 Å².